The molecule has 64 heavy (non-hydrogen) atoms. The molecule has 2 aromatic carbocycles. The quantitative estimate of drug-likeness (QED) is 0.0878. The van der Waals surface area contributed by atoms with Crippen molar-refractivity contribution in [2.75, 3.05) is 56.5 Å². The number of nitrogens with one attached hydrogen (secondary N) is 4. The summed E-state index contributed by atoms with van der Waals surface area (Å²) in [5, 5.41) is 11.7. The number of imide groups is 2. The van der Waals surface area contributed by atoms with Gasteiger partial charge in [-0.25, -0.2) is 19.9 Å². The summed E-state index contributed by atoms with van der Waals surface area (Å²) in [7, 11) is 0. The Balaban J connectivity index is 0.664. The number of hydrogen-bond acceptors (Lipinski definition) is 14. The first kappa shape index (κ1) is 42.0. The van der Waals surface area contributed by atoms with Gasteiger partial charge in [0.05, 0.1) is 30.6 Å². The number of imidazole rings is 1. The number of rotatable bonds is 15. The van der Waals surface area contributed by atoms with E-state index >= 15 is 0 Å². The van der Waals surface area contributed by atoms with Gasteiger partial charge in [-0.3, -0.25) is 43.9 Å². The molecule has 3 fully saturated rings. The molecule has 0 spiro atoms. The number of anilines is 2. The lowest BCUT2D eigenvalue weighted by molar-refractivity contribution is -0.136. The number of hydrogen-bond donors (Lipinski definition) is 4. The zero-order chi connectivity index (χ0) is 44.3. The molecule has 3 aromatic heterocycles. The molecular weight excluding hydrogens is 821 g/mol. The summed E-state index contributed by atoms with van der Waals surface area (Å²) >= 11 is 0. The highest BCUT2D eigenvalue weighted by Crippen LogP contribution is 2.35. The van der Waals surface area contributed by atoms with Crippen molar-refractivity contribution < 1.29 is 33.5 Å². The third kappa shape index (κ3) is 8.96. The van der Waals surface area contributed by atoms with Crippen LogP contribution in [0.1, 0.15) is 80.6 Å². The van der Waals surface area contributed by atoms with Crippen molar-refractivity contribution in [2.45, 2.75) is 63.7 Å². The molecule has 330 valence electrons. The summed E-state index contributed by atoms with van der Waals surface area (Å²) in [5.74, 6) is -1.06. The second kappa shape index (κ2) is 18.2. The van der Waals surface area contributed by atoms with E-state index in [2.05, 4.69) is 50.7 Å². The number of pyridine rings is 1. The average Bonchev–Trinajstić information content (AvgIpc) is 3.82. The van der Waals surface area contributed by atoms with Gasteiger partial charge in [0, 0.05) is 69.2 Å². The van der Waals surface area contributed by atoms with Gasteiger partial charge in [0.2, 0.25) is 17.7 Å². The van der Waals surface area contributed by atoms with Crippen LogP contribution in [0.25, 0.3) is 11.2 Å². The Morgan fingerprint density at radius 2 is 1.69 bits per heavy atom. The van der Waals surface area contributed by atoms with Gasteiger partial charge in [0.25, 0.3) is 17.7 Å². The van der Waals surface area contributed by atoms with Gasteiger partial charge < -0.3 is 30.2 Å². The molecule has 0 radical (unpaired) electrons. The molecule has 1 saturated carbocycles. The van der Waals surface area contributed by atoms with E-state index in [0.29, 0.717) is 49.0 Å². The summed E-state index contributed by atoms with van der Waals surface area (Å²) in [6.45, 7) is 6.49. The fourth-order valence-corrected chi connectivity index (χ4v) is 8.57. The number of carbonyl (C=O) groups excluding carboxylic acids is 6. The van der Waals surface area contributed by atoms with E-state index in [1.54, 1.807) is 18.5 Å². The van der Waals surface area contributed by atoms with E-state index in [4.69, 9.17) is 4.74 Å². The van der Waals surface area contributed by atoms with Gasteiger partial charge in [0.15, 0.2) is 11.5 Å². The SMILES string of the molecule is Cc1cccc(C(=O)NC2CC(n3cnc4c(NCc5ccc(OCCCN6CCN(C(=O)CNc7ccc8c(c7)C(=O)N([C@H]7CCC(=O)NC7=O)C8=O)CC6)cc5)ncnc43)C2)n1. The molecule has 19 nitrogen and oxygen atoms in total. The molecule has 3 aliphatic heterocycles. The fourth-order valence-electron chi connectivity index (χ4n) is 8.57. The van der Waals surface area contributed by atoms with Gasteiger partial charge >= 0.3 is 0 Å². The van der Waals surface area contributed by atoms with Crippen LogP contribution in [-0.4, -0.2) is 133 Å². The Morgan fingerprint density at radius 3 is 2.47 bits per heavy atom. The molecule has 0 bridgehead atoms. The normalized spacial score (nSPS) is 19.9. The predicted molar refractivity (Wildman–Crippen MR) is 232 cm³/mol. The van der Waals surface area contributed by atoms with Crippen LogP contribution in [0.15, 0.2) is 73.3 Å². The number of benzene rings is 2. The van der Waals surface area contributed by atoms with Crippen LogP contribution < -0.4 is 26.0 Å². The molecule has 9 rings (SSSR count). The minimum Gasteiger partial charge on any atom is -0.494 e. The second-order valence-electron chi connectivity index (χ2n) is 16.5. The largest absolute Gasteiger partial charge is 0.494 e. The molecule has 19 heteroatoms. The summed E-state index contributed by atoms with van der Waals surface area (Å²) < 4.78 is 8.09. The van der Waals surface area contributed by atoms with Crippen LogP contribution in [0.5, 0.6) is 5.75 Å². The molecule has 4 N–H and O–H groups in total. The Kier molecular flexibility index (Phi) is 12.0. The lowest BCUT2D eigenvalue weighted by Crippen LogP contribution is -2.54. The van der Waals surface area contributed by atoms with Crippen molar-refractivity contribution in [2.24, 2.45) is 0 Å². The molecule has 0 unspecified atom stereocenters. The number of aromatic nitrogens is 5. The molecular formula is C45H48N12O7. The Hall–Kier alpha value is -7.28. The molecule has 1 aliphatic carbocycles. The first-order chi connectivity index (χ1) is 31.1. The summed E-state index contributed by atoms with van der Waals surface area (Å²) in [6.07, 6.45) is 5.85. The van der Waals surface area contributed by atoms with E-state index in [-0.39, 0.29) is 54.4 Å². The number of ether oxygens (including phenoxy) is 1. The maximum Gasteiger partial charge on any atom is 0.270 e. The number of carbonyl (C=O) groups is 6. The van der Waals surface area contributed by atoms with Crippen molar-refractivity contribution in [3.63, 3.8) is 0 Å². The number of fused-ring (bicyclic) bond motifs is 2. The van der Waals surface area contributed by atoms with Crippen LogP contribution in [0.2, 0.25) is 0 Å². The highest BCUT2D eigenvalue weighted by Gasteiger charge is 2.44. The Bertz CT molecular complexity index is 2620. The van der Waals surface area contributed by atoms with Crippen LogP contribution >= 0.6 is 0 Å². The molecule has 2 saturated heterocycles. The van der Waals surface area contributed by atoms with Crippen molar-refractivity contribution in [1.29, 1.82) is 0 Å². The number of nitrogens with zero attached hydrogens (tertiary/aromatic N) is 8. The van der Waals surface area contributed by atoms with Crippen molar-refractivity contribution in [1.82, 2.24) is 49.8 Å². The summed E-state index contributed by atoms with van der Waals surface area (Å²) in [6, 6.07) is 17.2. The van der Waals surface area contributed by atoms with E-state index < -0.39 is 29.7 Å². The second-order valence-corrected chi connectivity index (χ2v) is 16.5. The topological polar surface area (TPSA) is 226 Å². The van der Waals surface area contributed by atoms with Crippen LogP contribution in [0.3, 0.4) is 0 Å². The first-order valence-corrected chi connectivity index (χ1v) is 21.6. The van der Waals surface area contributed by atoms with E-state index in [0.717, 1.165) is 66.5 Å². The third-order valence-electron chi connectivity index (χ3n) is 12.2. The van der Waals surface area contributed by atoms with Crippen molar-refractivity contribution >= 4 is 58.1 Å². The van der Waals surface area contributed by atoms with E-state index in [1.807, 2.05) is 48.2 Å². The van der Waals surface area contributed by atoms with Crippen molar-refractivity contribution in [3.8, 4) is 5.75 Å². The average molecular weight is 869 g/mol. The summed E-state index contributed by atoms with van der Waals surface area (Å²) in [5.41, 5.74) is 4.58. The maximum absolute atomic E-state index is 13.2. The molecule has 5 aromatic rings. The standard InChI is InChI=1S/C45H48N12O7/c1-27-4-2-5-35(51-27)42(60)52-30-20-31(21-30)56-26-50-39-40(48-25-49-41(39)56)47-23-28-6-9-32(10-7-28)64-19-3-14-54-15-17-55(18-16-54)38(59)24-46-29-8-11-33-34(22-29)45(63)57(44(33)62)36-12-13-37(58)53-43(36)61/h2,4-11,22,25-26,30-31,36,46H,3,12-21,23-24H2,1H3,(H,52,60)(H,47,48,49)(H,53,58,61)/t30?,31?,36-/m0/s1. The smallest absolute Gasteiger partial charge is 0.270 e. The molecule has 6 heterocycles. The van der Waals surface area contributed by atoms with Crippen LogP contribution in [-0.2, 0) is 20.9 Å². The lowest BCUT2D eigenvalue weighted by Gasteiger charge is -2.36. The lowest BCUT2D eigenvalue weighted by atomic mass is 9.86. The highest BCUT2D eigenvalue weighted by molar-refractivity contribution is 6.23. The van der Waals surface area contributed by atoms with Gasteiger partial charge in [-0.2, -0.15) is 0 Å². The fraction of sp³-hybridized carbons (Fsp3) is 0.378. The number of aryl methyl sites for hydroxylation is 1. The maximum atomic E-state index is 13.2. The van der Waals surface area contributed by atoms with Gasteiger partial charge in [-0.1, -0.05) is 18.2 Å². The van der Waals surface area contributed by atoms with Gasteiger partial charge in [-0.15, -0.1) is 0 Å². The minimum atomic E-state index is -1.04. The van der Waals surface area contributed by atoms with Gasteiger partial charge in [-0.05, 0) is 80.6 Å². The Labute approximate surface area is 368 Å². The first-order valence-electron chi connectivity index (χ1n) is 21.6. The number of amides is 6. The van der Waals surface area contributed by atoms with Crippen LogP contribution in [0.4, 0.5) is 11.5 Å². The Morgan fingerprint density at radius 1 is 0.891 bits per heavy atom. The zero-order valence-electron chi connectivity index (χ0n) is 35.3. The van der Waals surface area contributed by atoms with E-state index in [9.17, 15) is 28.8 Å². The third-order valence-corrected chi connectivity index (χ3v) is 12.2. The van der Waals surface area contributed by atoms with Gasteiger partial charge in [0.1, 0.15) is 29.3 Å². The molecule has 4 aliphatic rings. The monoisotopic (exact) mass is 868 g/mol. The molecule has 1 atom stereocenters. The van der Waals surface area contributed by atoms with Crippen LogP contribution in [0, 0.1) is 6.92 Å². The number of piperidine rings is 1. The summed E-state index contributed by atoms with van der Waals surface area (Å²) in [4.78, 5) is 98.7. The van der Waals surface area contributed by atoms with E-state index in [1.165, 1.54) is 18.5 Å². The highest BCUT2D eigenvalue weighted by atomic mass is 16.5. The zero-order valence-corrected chi connectivity index (χ0v) is 35.3. The minimum absolute atomic E-state index is 0.0236. The molecule has 6 amide bonds. The number of piperazine rings is 1. The van der Waals surface area contributed by atoms with Crippen molar-refractivity contribution in [3.05, 3.63) is 101 Å². The predicted octanol–water partition coefficient (Wildman–Crippen LogP) is 2.70.